The Morgan fingerprint density at radius 1 is 1.41 bits per heavy atom. The second-order valence-electron chi connectivity index (χ2n) is 4.46. The van der Waals surface area contributed by atoms with Crippen molar-refractivity contribution in [2.24, 2.45) is 5.73 Å². The number of amides is 1. The third kappa shape index (κ3) is 4.84. The molecule has 0 aliphatic heterocycles. The summed E-state index contributed by atoms with van der Waals surface area (Å²) in [5, 5.41) is 3.42. The average Bonchev–Trinajstić information content (AvgIpc) is 2.08. The van der Waals surface area contributed by atoms with Crippen LogP contribution in [0.4, 0.5) is 5.69 Å². The second kappa shape index (κ2) is 5.57. The van der Waals surface area contributed by atoms with Gasteiger partial charge in [-0.05, 0) is 26.0 Å². The first-order chi connectivity index (χ1) is 7.69. The number of anilines is 1. The van der Waals surface area contributed by atoms with Crippen molar-refractivity contribution < 1.29 is 4.79 Å². The van der Waals surface area contributed by atoms with Gasteiger partial charge >= 0.3 is 0 Å². The highest BCUT2D eigenvalue weighted by Crippen LogP contribution is 2.33. The van der Waals surface area contributed by atoms with Crippen LogP contribution in [0.2, 0.25) is 10.0 Å². The van der Waals surface area contributed by atoms with Crippen LogP contribution >= 0.6 is 39.1 Å². The Kier molecular flexibility index (Phi) is 4.84. The van der Waals surface area contributed by atoms with Crippen molar-refractivity contribution in [2.75, 3.05) is 5.32 Å². The number of carbonyl (C=O) groups is 1. The Hall–Kier alpha value is -0.290. The predicted molar refractivity (Wildman–Crippen MR) is 75.7 cm³/mol. The van der Waals surface area contributed by atoms with E-state index in [0.717, 1.165) is 4.47 Å². The number of hydrogen-bond acceptors (Lipinski definition) is 2. The Labute approximate surface area is 119 Å². The minimum absolute atomic E-state index is 0.190. The molecule has 17 heavy (non-hydrogen) atoms. The summed E-state index contributed by atoms with van der Waals surface area (Å²) in [6, 6.07) is 3.33. The van der Waals surface area contributed by atoms with Crippen LogP contribution < -0.4 is 11.1 Å². The Bertz CT molecular complexity index is 421. The maximum absolute atomic E-state index is 11.7. The molecule has 0 spiro atoms. The minimum atomic E-state index is -0.571. The van der Waals surface area contributed by atoms with Gasteiger partial charge in [0.2, 0.25) is 5.91 Å². The standard InChI is InChI=1S/C11H13BrCl2N2O/c1-11(2,15)5-9(17)16-10-7(13)3-6(12)4-8(10)14/h3-4H,5,15H2,1-2H3,(H,16,17). The molecule has 0 fully saturated rings. The first-order valence-corrected chi connectivity index (χ1v) is 6.47. The molecule has 0 unspecified atom stereocenters. The van der Waals surface area contributed by atoms with Gasteiger partial charge in [-0.2, -0.15) is 0 Å². The van der Waals surface area contributed by atoms with E-state index in [9.17, 15) is 4.79 Å². The van der Waals surface area contributed by atoms with Gasteiger partial charge in [0.15, 0.2) is 0 Å². The smallest absolute Gasteiger partial charge is 0.226 e. The predicted octanol–water partition coefficient (Wildman–Crippen LogP) is 3.82. The van der Waals surface area contributed by atoms with Crippen molar-refractivity contribution in [2.45, 2.75) is 25.8 Å². The van der Waals surface area contributed by atoms with Gasteiger partial charge in [0, 0.05) is 16.4 Å². The highest BCUT2D eigenvalue weighted by molar-refractivity contribution is 9.10. The van der Waals surface area contributed by atoms with E-state index in [1.807, 2.05) is 0 Å². The molecule has 0 bridgehead atoms. The average molecular weight is 340 g/mol. The topological polar surface area (TPSA) is 55.1 Å². The number of nitrogens with two attached hydrogens (primary N) is 1. The molecule has 0 atom stereocenters. The highest BCUT2D eigenvalue weighted by atomic mass is 79.9. The molecule has 0 aliphatic rings. The number of benzene rings is 1. The Morgan fingerprint density at radius 3 is 2.29 bits per heavy atom. The van der Waals surface area contributed by atoms with E-state index in [1.54, 1.807) is 26.0 Å². The number of hydrogen-bond donors (Lipinski definition) is 2. The van der Waals surface area contributed by atoms with Crippen LogP contribution in [0.1, 0.15) is 20.3 Å². The van der Waals surface area contributed by atoms with Gasteiger partial charge in [0.1, 0.15) is 0 Å². The van der Waals surface area contributed by atoms with Crippen LogP contribution in [0.25, 0.3) is 0 Å². The molecule has 0 aromatic heterocycles. The van der Waals surface area contributed by atoms with Crippen molar-refractivity contribution in [3.63, 3.8) is 0 Å². The third-order valence-corrected chi connectivity index (χ3v) is 2.94. The van der Waals surface area contributed by atoms with E-state index in [-0.39, 0.29) is 12.3 Å². The van der Waals surface area contributed by atoms with Gasteiger partial charge in [0.05, 0.1) is 15.7 Å². The summed E-state index contributed by atoms with van der Waals surface area (Å²) in [4.78, 5) is 11.7. The maximum atomic E-state index is 11.7. The maximum Gasteiger partial charge on any atom is 0.226 e. The largest absolute Gasteiger partial charge is 0.325 e. The van der Waals surface area contributed by atoms with Gasteiger partial charge in [-0.15, -0.1) is 0 Å². The summed E-state index contributed by atoms with van der Waals surface area (Å²) in [5.74, 6) is -0.219. The fraction of sp³-hybridized carbons (Fsp3) is 0.364. The van der Waals surface area contributed by atoms with Crippen LogP contribution in [0, 0.1) is 0 Å². The fourth-order valence-electron chi connectivity index (χ4n) is 1.26. The van der Waals surface area contributed by atoms with Crippen molar-refractivity contribution in [1.29, 1.82) is 0 Å². The molecule has 0 saturated heterocycles. The Morgan fingerprint density at radius 2 is 1.88 bits per heavy atom. The van der Waals surface area contributed by atoms with E-state index in [1.165, 1.54) is 0 Å². The normalized spacial score (nSPS) is 11.4. The molecule has 94 valence electrons. The van der Waals surface area contributed by atoms with Gasteiger partial charge in [0.25, 0.3) is 0 Å². The molecule has 1 aromatic carbocycles. The van der Waals surface area contributed by atoms with E-state index in [4.69, 9.17) is 28.9 Å². The van der Waals surface area contributed by atoms with Gasteiger partial charge in [-0.1, -0.05) is 39.1 Å². The van der Waals surface area contributed by atoms with E-state index in [0.29, 0.717) is 15.7 Å². The number of nitrogens with one attached hydrogen (secondary N) is 1. The van der Waals surface area contributed by atoms with Crippen molar-refractivity contribution in [3.05, 3.63) is 26.7 Å². The molecular formula is C11H13BrCl2N2O. The van der Waals surface area contributed by atoms with Crippen LogP contribution in [-0.2, 0) is 4.79 Å². The molecule has 1 amide bonds. The molecule has 6 heteroatoms. The molecule has 1 aromatic rings. The van der Waals surface area contributed by atoms with Crippen molar-refractivity contribution in [3.8, 4) is 0 Å². The van der Waals surface area contributed by atoms with E-state index < -0.39 is 5.54 Å². The lowest BCUT2D eigenvalue weighted by Crippen LogP contribution is -2.36. The zero-order valence-electron chi connectivity index (χ0n) is 9.48. The minimum Gasteiger partial charge on any atom is -0.325 e. The molecule has 0 radical (unpaired) electrons. The van der Waals surface area contributed by atoms with Gasteiger partial charge in [-0.25, -0.2) is 0 Å². The lowest BCUT2D eigenvalue weighted by molar-refractivity contribution is -0.117. The number of halogens is 3. The van der Waals surface area contributed by atoms with Crippen molar-refractivity contribution >= 4 is 50.7 Å². The number of carbonyl (C=O) groups excluding carboxylic acids is 1. The van der Waals surface area contributed by atoms with Crippen molar-refractivity contribution in [1.82, 2.24) is 0 Å². The first kappa shape index (κ1) is 14.8. The molecule has 3 nitrogen and oxygen atoms in total. The molecule has 0 aliphatic carbocycles. The molecule has 0 heterocycles. The summed E-state index contributed by atoms with van der Waals surface area (Å²) in [6.07, 6.45) is 0.190. The summed E-state index contributed by atoms with van der Waals surface area (Å²) < 4.78 is 0.754. The zero-order chi connectivity index (χ0) is 13.2. The summed E-state index contributed by atoms with van der Waals surface area (Å²) in [5.41, 5.74) is 5.59. The Balaban J connectivity index is 2.86. The van der Waals surface area contributed by atoms with Gasteiger partial charge in [-0.3, -0.25) is 4.79 Å². The first-order valence-electron chi connectivity index (χ1n) is 4.92. The fourth-order valence-corrected chi connectivity index (χ4v) is 2.56. The third-order valence-electron chi connectivity index (χ3n) is 1.89. The quantitative estimate of drug-likeness (QED) is 0.879. The lowest BCUT2D eigenvalue weighted by Gasteiger charge is -2.18. The summed E-state index contributed by atoms with van der Waals surface area (Å²) in [7, 11) is 0. The molecule has 1 rings (SSSR count). The van der Waals surface area contributed by atoms with Gasteiger partial charge < -0.3 is 11.1 Å². The lowest BCUT2D eigenvalue weighted by atomic mass is 10.0. The van der Waals surface area contributed by atoms with E-state index in [2.05, 4.69) is 21.2 Å². The highest BCUT2D eigenvalue weighted by Gasteiger charge is 2.18. The molecule has 0 saturated carbocycles. The SMILES string of the molecule is CC(C)(N)CC(=O)Nc1c(Cl)cc(Br)cc1Cl. The monoisotopic (exact) mass is 338 g/mol. The van der Waals surface area contributed by atoms with Crippen LogP contribution in [0.5, 0.6) is 0 Å². The van der Waals surface area contributed by atoms with Crippen LogP contribution in [0.15, 0.2) is 16.6 Å². The van der Waals surface area contributed by atoms with Crippen LogP contribution in [-0.4, -0.2) is 11.4 Å². The molecular weight excluding hydrogens is 327 g/mol. The summed E-state index contributed by atoms with van der Waals surface area (Å²) >= 11 is 15.2. The summed E-state index contributed by atoms with van der Waals surface area (Å²) in [6.45, 7) is 3.55. The van der Waals surface area contributed by atoms with E-state index >= 15 is 0 Å². The number of rotatable bonds is 3. The molecule has 3 N–H and O–H groups in total. The van der Waals surface area contributed by atoms with Crippen LogP contribution in [0.3, 0.4) is 0 Å². The second-order valence-corrected chi connectivity index (χ2v) is 6.19. The zero-order valence-corrected chi connectivity index (χ0v) is 12.6.